The first kappa shape index (κ1) is 34.4. The number of anilines is 2. The highest BCUT2D eigenvalue weighted by atomic mass is 16.2. The molecule has 4 atom stereocenters. The third-order valence-electron chi connectivity index (χ3n) is 11.3. The molecule has 0 unspecified atom stereocenters. The lowest BCUT2D eigenvalue weighted by molar-refractivity contribution is -0.134. The number of nitrogens with one attached hydrogen (secondary N) is 2. The smallest absolute Gasteiger partial charge is 0.246 e. The molecule has 0 radical (unpaired) electrons. The zero-order valence-corrected chi connectivity index (χ0v) is 30.3. The van der Waals surface area contributed by atoms with Crippen LogP contribution in [0.15, 0.2) is 97.3 Å². The van der Waals surface area contributed by atoms with Gasteiger partial charge in [-0.2, -0.15) is 0 Å². The lowest BCUT2D eigenvalue weighted by atomic mass is 9.99. The van der Waals surface area contributed by atoms with Crippen molar-refractivity contribution in [2.24, 2.45) is 0 Å². The van der Waals surface area contributed by atoms with Crippen LogP contribution < -0.4 is 9.80 Å². The Balaban J connectivity index is 0.886. The summed E-state index contributed by atoms with van der Waals surface area (Å²) >= 11 is 0. The molecular formula is C42H46N8O3. The molecule has 3 aromatic carbocycles. The third-order valence-corrected chi connectivity index (χ3v) is 11.3. The number of imidazole rings is 2. The molecule has 2 N–H and O–H groups in total. The predicted octanol–water partition coefficient (Wildman–Crippen LogP) is 6.59. The van der Waals surface area contributed by atoms with Crippen molar-refractivity contribution in [3.05, 3.63) is 120 Å². The molecule has 8 rings (SSSR count). The van der Waals surface area contributed by atoms with Crippen molar-refractivity contribution in [1.29, 1.82) is 0 Å². The maximum Gasteiger partial charge on any atom is 0.246 e. The fraction of sp³-hybridized carbons (Fsp3) is 0.357. The fourth-order valence-corrected chi connectivity index (χ4v) is 8.19. The Labute approximate surface area is 310 Å². The van der Waals surface area contributed by atoms with E-state index >= 15 is 0 Å². The highest BCUT2D eigenvalue weighted by Gasteiger charge is 2.36. The van der Waals surface area contributed by atoms with Gasteiger partial charge in [0.15, 0.2) is 0 Å². The molecule has 11 heteroatoms. The van der Waals surface area contributed by atoms with Gasteiger partial charge in [-0.3, -0.25) is 14.4 Å². The van der Waals surface area contributed by atoms with Crippen LogP contribution >= 0.6 is 0 Å². The molecule has 0 saturated carbocycles. The van der Waals surface area contributed by atoms with Crippen LogP contribution in [-0.2, 0) is 14.4 Å². The summed E-state index contributed by atoms with van der Waals surface area (Å²) in [5.41, 5.74) is 5.63. The summed E-state index contributed by atoms with van der Waals surface area (Å²) in [6, 6.07) is 27.7. The number of amides is 3. The lowest BCUT2D eigenvalue weighted by Gasteiger charge is -2.34. The average molecular weight is 711 g/mol. The van der Waals surface area contributed by atoms with E-state index in [1.54, 1.807) is 0 Å². The molecular weight excluding hydrogens is 665 g/mol. The highest BCUT2D eigenvalue weighted by molar-refractivity contribution is 5.97. The molecule has 5 aromatic rings. The SMILES string of the molecule is C[C@@H](C(=O)N1CCC[C@H]1c1cnc(N2CCN(c3ccc(-c4cnc([C@@H]5CCCN5C(=O)[C@H](C)c5ccccc5)[nH]4)cc3)C(=O)C2)[nH]1)c1ccccc1. The fourth-order valence-electron chi connectivity index (χ4n) is 8.19. The second-order valence-corrected chi connectivity index (χ2v) is 14.5. The number of aromatic nitrogens is 4. The highest BCUT2D eigenvalue weighted by Crippen LogP contribution is 2.36. The zero-order valence-electron chi connectivity index (χ0n) is 30.3. The zero-order chi connectivity index (χ0) is 36.5. The summed E-state index contributed by atoms with van der Waals surface area (Å²) in [4.78, 5) is 64.5. The number of likely N-dealkylation sites (tertiary alicyclic amines) is 2. The molecule has 53 heavy (non-hydrogen) atoms. The van der Waals surface area contributed by atoms with E-state index < -0.39 is 0 Å². The van der Waals surface area contributed by atoms with Gasteiger partial charge in [-0.1, -0.05) is 72.8 Å². The molecule has 5 heterocycles. The van der Waals surface area contributed by atoms with Gasteiger partial charge >= 0.3 is 0 Å². The third kappa shape index (κ3) is 6.83. The Kier molecular flexibility index (Phi) is 9.55. The first-order valence-corrected chi connectivity index (χ1v) is 18.8. The van der Waals surface area contributed by atoms with Gasteiger partial charge in [0.25, 0.3) is 0 Å². The van der Waals surface area contributed by atoms with E-state index in [4.69, 9.17) is 4.98 Å². The number of aromatic amines is 2. The van der Waals surface area contributed by atoms with Gasteiger partial charge in [0, 0.05) is 31.9 Å². The number of carbonyl (C=O) groups excluding carboxylic acids is 3. The van der Waals surface area contributed by atoms with Crippen LogP contribution in [0, 0.1) is 0 Å². The first-order valence-electron chi connectivity index (χ1n) is 18.8. The average Bonchev–Trinajstić information content (AvgIpc) is 4.04. The number of rotatable bonds is 9. The minimum Gasteiger partial charge on any atom is -0.340 e. The topological polar surface area (TPSA) is 122 Å². The van der Waals surface area contributed by atoms with Gasteiger partial charge in [0.05, 0.1) is 47.7 Å². The summed E-state index contributed by atoms with van der Waals surface area (Å²) in [7, 11) is 0. The van der Waals surface area contributed by atoms with Crippen molar-refractivity contribution in [1.82, 2.24) is 29.7 Å². The number of nitrogens with zero attached hydrogens (tertiary/aromatic N) is 6. The molecule has 0 bridgehead atoms. The molecule has 0 spiro atoms. The van der Waals surface area contributed by atoms with E-state index in [0.29, 0.717) is 19.0 Å². The van der Waals surface area contributed by atoms with Gasteiger partial charge < -0.3 is 29.6 Å². The molecule has 272 valence electrons. The first-order chi connectivity index (χ1) is 25.9. The van der Waals surface area contributed by atoms with Crippen molar-refractivity contribution in [2.75, 3.05) is 42.5 Å². The maximum atomic E-state index is 13.5. The quantitative estimate of drug-likeness (QED) is 0.178. The van der Waals surface area contributed by atoms with Crippen molar-refractivity contribution < 1.29 is 14.4 Å². The summed E-state index contributed by atoms with van der Waals surface area (Å²) in [6.07, 6.45) is 7.29. The van der Waals surface area contributed by atoms with E-state index in [1.807, 2.05) is 131 Å². The van der Waals surface area contributed by atoms with Crippen LogP contribution in [0.25, 0.3) is 11.3 Å². The molecule has 0 aliphatic carbocycles. The van der Waals surface area contributed by atoms with Crippen molar-refractivity contribution in [3.8, 4) is 11.3 Å². The number of H-pyrrole nitrogens is 2. The standard InChI is InChI=1S/C42H46N8O3/c1-28(30-11-5-3-6-12-30)40(52)49-21-9-15-36(49)35-26-44-42(46-35)47-23-24-48(38(51)27-47)33-19-17-32(18-20-33)34-25-43-39(45-34)37-16-10-22-50(37)41(53)29(2)31-13-7-4-8-14-31/h3-8,11-14,17-20,25-26,28-29,36-37H,9-10,15-16,21-24,27H2,1-2H3,(H,43,45)(H,44,46)/t28-,29-,36+,37+/m1/s1. The summed E-state index contributed by atoms with van der Waals surface area (Å²) < 4.78 is 0. The van der Waals surface area contributed by atoms with Gasteiger partial charge in [-0.25, -0.2) is 9.97 Å². The van der Waals surface area contributed by atoms with Crippen LogP contribution in [-0.4, -0.2) is 80.2 Å². The largest absolute Gasteiger partial charge is 0.340 e. The molecule has 3 fully saturated rings. The molecule has 3 aliphatic rings. The molecule has 2 aromatic heterocycles. The minimum absolute atomic E-state index is 0.00384. The van der Waals surface area contributed by atoms with Crippen LogP contribution in [0.5, 0.6) is 0 Å². The summed E-state index contributed by atoms with van der Waals surface area (Å²) in [5.74, 6) is 1.27. The van der Waals surface area contributed by atoms with Crippen LogP contribution in [0.3, 0.4) is 0 Å². The van der Waals surface area contributed by atoms with Crippen molar-refractivity contribution >= 4 is 29.4 Å². The normalized spacial score (nSPS) is 20.2. The van der Waals surface area contributed by atoms with E-state index in [1.165, 1.54) is 0 Å². The Hall–Kier alpha value is -5.71. The monoisotopic (exact) mass is 710 g/mol. The van der Waals surface area contributed by atoms with Crippen molar-refractivity contribution in [3.63, 3.8) is 0 Å². The minimum atomic E-state index is -0.217. The number of benzene rings is 3. The maximum absolute atomic E-state index is 13.5. The molecule has 3 saturated heterocycles. The van der Waals surface area contributed by atoms with E-state index in [2.05, 4.69) is 15.0 Å². The Morgan fingerprint density at radius 3 is 1.92 bits per heavy atom. The van der Waals surface area contributed by atoms with Crippen molar-refractivity contribution in [2.45, 2.75) is 63.5 Å². The van der Waals surface area contributed by atoms with Crippen LogP contribution in [0.1, 0.15) is 86.1 Å². The van der Waals surface area contributed by atoms with E-state index in [0.717, 1.165) is 78.4 Å². The van der Waals surface area contributed by atoms with E-state index in [9.17, 15) is 14.4 Å². The van der Waals surface area contributed by atoms with Gasteiger partial charge in [0.2, 0.25) is 23.7 Å². The Morgan fingerprint density at radius 1 is 0.698 bits per heavy atom. The Morgan fingerprint density at radius 2 is 1.30 bits per heavy atom. The lowest BCUT2D eigenvalue weighted by Crippen LogP contribution is -2.51. The second-order valence-electron chi connectivity index (χ2n) is 14.5. The van der Waals surface area contributed by atoms with Crippen LogP contribution in [0.2, 0.25) is 0 Å². The number of hydrogen-bond acceptors (Lipinski definition) is 6. The Bertz CT molecular complexity index is 2060. The van der Waals surface area contributed by atoms with Gasteiger partial charge in [0.1, 0.15) is 12.4 Å². The van der Waals surface area contributed by atoms with Gasteiger partial charge in [-0.05, 0) is 68.4 Å². The molecule has 11 nitrogen and oxygen atoms in total. The molecule has 3 amide bonds. The number of hydrogen-bond donors (Lipinski definition) is 2. The summed E-state index contributed by atoms with van der Waals surface area (Å²) in [5, 5.41) is 0. The number of piperazine rings is 1. The van der Waals surface area contributed by atoms with Crippen LogP contribution in [0.4, 0.5) is 11.6 Å². The predicted molar refractivity (Wildman–Crippen MR) is 204 cm³/mol. The number of carbonyl (C=O) groups is 3. The second kappa shape index (κ2) is 14.7. The molecule has 3 aliphatic heterocycles. The van der Waals surface area contributed by atoms with E-state index in [-0.39, 0.29) is 48.2 Å². The summed E-state index contributed by atoms with van der Waals surface area (Å²) in [6.45, 7) is 6.75. The van der Waals surface area contributed by atoms with Gasteiger partial charge in [-0.15, -0.1) is 0 Å².